The summed E-state index contributed by atoms with van der Waals surface area (Å²) in [5.41, 5.74) is 27.0. The molecule has 2 aliphatic heterocycles. The standard InChI is InChI=1S/C45H76N16O16/c1-23(2)36(43(75)55-24(9-5-15-51-45(49)50)39(71)57-27(18-35(67)68)40(72)56-26(44(76)77)8-3-4-14-46)59-32(64)20-52-37(69)25(12-13-31(48)63)54-41(73)30-11-7-17-61(30)34(66)21-53-38(70)28(22-62)58-42(74)29-10-6-16-60(29)33(65)19-47/h23-30,36,62H,3-22,46-47H2,1-2H3,(H2,48,63)(H,52,69)(H,53,70)(H,54,73)(H,55,75)(H,56,72)(H,57,71)(H,58,74)(H,59,64)(H,67,68)(H,76,77)(H4,49,50,51)/t24-,25-,26-,27-,28-,29-,30-,36-/m0/s1. The molecule has 432 valence electrons. The van der Waals surface area contributed by atoms with E-state index in [0.29, 0.717) is 32.1 Å². The summed E-state index contributed by atoms with van der Waals surface area (Å²) in [5.74, 6) is -13.5. The number of likely N-dealkylation sites (tertiary alicyclic amines) is 2. The fraction of sp³-hybridized carbons (Fsp3) is 0.689. The number of nitrogens with two attached hydrogens (primary N) is 5. The molecule has 0 aromatic rings. The Bertz CT molecular complexity index is 2160. The second kappa shape index (κ2) is 33.3. The van der Waals surface area contributed by atoms with Gasteiger partial charge in [-0.3, -0.25) is 62.5 Å². The van der Waals surface area contributed by atoms with Crippen LogP contribution in [0.1, 0.15) is 90.9 Å². The van der Waals surface area contributed by atoms with Gasteiger partial charge in [-0.05, 0) is 76.7 Å². The number of aliphatic hydroxyl groups is 1. The van der Waals surface area contributed by atoms with Gasteiger partial charge in [-0.1, -0.05) is 13.8 Å². The largest absolute Gasteiger partial charge is 0.481 e. The molecule has 11 amide bonds. The van der Waals surface area contributed by atoms with E-state index >= 15 is 0 Å². The van der Waals surface area contributed by atoms with Crippen LogP contribution < -0.4 is 71.2 Å². The van der Waals surface area contributed by atoms with E-state index in [-0.39, 0.29) is 70.8 Å². The number of hydrogen-bond donors (Lipinski definition) is 16. The summed E-state index contributed by atoms with van der Waals surface area (Å²) in [4.78, 5) is 174. The zero-order valence-corrected chi connectivity index (χ0v) is 43.2. The summed E-state index contributed by atoms with van der Waals surface area (Å²) < 4.78 is 0. The Kier molecular flexibility index (Phi) is 28.3. The van der Waals surface area contributed by atoms with Crippen molar-refractivity contribution >= 4 is 82.9 Å². The Hall–Kier alpha value is -7.74. The molecule has 2 aliphatic rings. The first-order chi connectivity index (χ1) is 36.3. The highest BCUT2D eigenvalue weighted by Gasteiger charge is 2.39. The van der Waals surface area contributed by atoms with Crippen LogP contribution in [0.15, 0.2) is 4.99 Å². The highest BCUT2D eigenvalue weighted by atomic mass is 16.4. The van der Waals surface area contributed by atoms with Crippen LogP contribution in [-0.2, 0) is 62.3 Å². The lowest BCUT2D eigenvalue weighted by molar-refractivity contribution is -0.144. The zero-order chi connectivity index (χ0) is 57.9. The van der Waals surface area contributed by atoms with Gasteiger partial charge in [-0.2, -0.15) is 0 Å². The Morgan fingerprint density at radius 1 is 0.597 bits per heavy atom. The van der Waals surface area contributed by atoms with Crippen LogP contribution in [0.2, 0.25) is 0 Å². The fourth-order valence-corrected chi connectivity index (χ4v) is 8.23. The molecular formula is C45H76N16O16. The molecule has 2 heterocycles. The molecule has 0 unspecified atom stereocenters. The molecule has 0 aliphatic carbocycles. The van der Waals surface area contributed by atoms with Gasteiger partial charge in [0.15, 0.2) is 5.96 Å². The number of nitrogens with one attached hydrogen (secondary N) is 8. The second-order valence-corrected chi connectivity index (χ2v) is 18.6. The van der Waals surface area contributed by atoms with Crippen LogP contribution in [0.4, 0.5) is 0 Å². The van der Waals surface area contributed by atoms with Crippen LogP contribution in [0, 0.1) is 5.92 Å². The monoisotopic (exact) mass is 1100 g/mol. The molecule has 2 rings (SSSR count). The van der Waals surface area contributed by atoms with Crippen LogP contribution in [0.3, 0.4) is 0 Å². The molecule has 0 aromatic heterocycles. The number of carboxylic acid groups (broad SMARTS) is 2. The van der Waals surface area contributed by atoms with Crippen molar-refractivity contribution in [3.05, 3.63) is 0 Å². The summed E-state index contributed by atoms with van der Waals surface area (Å²) >= 11 is 0. The van der Waals surface area contributed by atoms with Crippen molar-refractivity contribution in [2.24, 2.45) is 39.6 Å². The molecule has 0 radical (unpaired) electrons. The summed E-state index contributed by atoms with van der Waals surface area (Å²) in [7, 11) is 0. The van der Waals surface area contributed by atoms with Crippen molar-refractivity contribution < 1.29 is 77.6 Å². The lowest BCUT2D eigenvalue weighted by Crippen LogP contribution is -2.59. The third-order valence-corrected chi connectivity index (χ3v) is 12.3. The van der Waals surface area contributed by atoms with E-state index < -0.39 is 164 Å². The Morgan fingerprint density at radius 3 is 1.65 bits per heavy atom. The molecule has 32 nitrogen and oxygen atoms in total. The Labute approximate surface area is 443 Å². The van der Waals surface area contributed by atoms with Gasteiger partial charge in [0.25, 0.3) is 0 Å². The van der Waals surface area contributed by atoms with E-state index in [2.05, 4.69) is 47.5 Å². The number of rotatable bonds is 34. The molecule has 77 heavy (non-hydrogen) atoms. The lowest BCUT2D eigenvalue weighted by Gasteiger charge is -2.27. The highest BCUT2D eigenvalue weighted by molar-refractivity contribution is 5.98. The summed E-state index contributed by atoms with van der Waals surface area (Å²) in [6.45, 7) is 0.957. The zero-order valence-electron chi connectivity index (χ0n) is 43.2. The van der Waals surface area contributed by atoms with Crippen LogP contribution in [0.5, 0.6) is 0 Å². The number of unbranched alkanes of at least 4 members (excludes halogenated alkanes) is 1. The maximum atomic E-state index is 13.8. The number of nitrogens with zero attached hydrogens (tertiary/aromatic N) is 3. The number of carboxylic acids is 2. The molecular weight excluding hydrogens is 1020 g/mol. The van der Waals surface area contributed by atoms with Gasteiger partial charge in [-0.25, -0.2) is 4.79 Å². The van der Waals surface area contributed by atoms with Gasteiger partial charge < -0.3 is 96.3 Å². The number of aliphatic imine (C=N–C) groups is 1. The number of guanidine groups is 1. The third-order valence-electron chi connectivity index (χ3n) is 12.3. The number of amides is 11. The molecule has 0 aromatic carbocycles. The van der Waals surface area contributed by atoms with E-state index in [1.54, 1.807) is 0 Å². The van der Waals surface area contributed by atoms with Crippen molar-refractivity contribution in [1.82, 2.24) is 52.3 Å². The first-order valence-electron chi connectivity index (χ1n) is 25.1. The van der Waals surface area contributed by atoms with E-state index in [1.807, 2.05) is 0 Å². The molecule has 0 saturated carbocycles. The van der Waals surface area contributed by atoms with E-state index in [1.165, 1.54) is 18.7 Å². The minimum absolute atomic E-state index is 0.0373. The number of aliphatic carboxylic acids is 2. The quantitative estimate of drug-likeness (QED) is 0.0162. The van der Waals surface area contributed by atoms with Crippen molar-refractivity contribution in [1.29, 1.82) is 0 Å². The van der Waals surface area contributed by atoms with Crippen molar-refractivity contribution in [3.8, 4) is 0 Å². The number of carbonyl (C=O) groups excluding carboxylic acids is 11. The number of primary amides is 1. The number of hydrogen-bond acceptors (Lipinski definition) is 17. The Morgan fingerprint density at radius 2 is 1.12 bits per heavy atom. The predicted octanol–water partition coefficient (Wildman–Crippen LogP) is -8.28. The van der Waals surface area contributed by atoms with Gasteiger partial charge >= 0.3 is 11.9 Å². The smallest absolute Gasteiger partial charge is 0.326 e. The van der Waals surface area contributed by atoms with Crippen molar-refractivity contribution in [2.45, 2.75) is 139 Å². The lowest BCUT2D eigenvalue weighted by atomic mass is 10.0. The third kappa shape index (κ3) is 22.6. The van der Waals surface area contributed by atoms with Gasteiger partial charge in [0.05, 0.1) is 32.7 Å². The maximum Gasteiger partial charge on any atom is 0.326 e. The van der Waals surface area contributed by atoms with Crippen LogP contribution in [-0.4, -0.2) is 209 Å². The topological polar surface area (TPSA) is 528 Å². The van der Waals surface area contributed by atoms with E-state index in [9.17, 15) is 77.6 Å². The summed E-state index contributed by atoms with van der Waals surface area (Å²) in [6, 6.07) is -11.2. The van der Waals surface area contributed by atoms with Gasteiger partial charge in [0, 0.05) is 26.1 Å². The molecule has 8 atom stereocenters. The number of aliphatic hydroxyl groups excluding tert-OH is 1. The van der Waals surface area contributed by atoms with Gasteiger partial charge in [0.1, 0.15) is 48.3 Å². The average Bonchev–Trinajstić information content (AvgIpc) is 4.08. The minimum atomic E-state index is -1.81. The predicted molar refractivity (Wildman–Crippen MR) is 269 cm³/mol. The fourth-order valence-electron chi connectivity index (χ4n) is 8.23. The van der Waals surface area contributed by atoms with E-state index in [0.717, 1.165) is 4.90 Å². The molecule has 32 heteroatoms. The Balaban J connectivity index is 2.15. The van der Waals surface area contributed by atoms with Crippen LogP contribution in [0.25, 0.3) is 0 Å². The summed E-state index contributed by atoms with van der Waals surface area (Å²) in [5, 5.41) is 47.9. The van der Waals surface area contributed by atoms with E-state index in [4.69, 9.17) is 28.7 Å². The molecule has 0 spiro atoms. The summed E-state index contributed by atoms with van der Waals surface area (Å²) in [6.07, 6.45) is 0.0620. The van der Waals surface area contributed by atoms with Gasteiger partial charge in [0.2, 0.25) is 65.0 Å². The molecule has 21 N–H and O–H groups in total. The normalized spacial score (nSPS) is 17.2. The molecule has 2 fully saturated rings. The molecule has 0 bridgehead atoms. The maximum absolute atomic E-state index is 13.8. The van der Waals surface area contributed by atoms with Crippen molar-refractivity contribution in [3.63, 3.8) is 0 Å². The SMILES string of the molecule is CC(C)[C@H](NC(=O)CNC(=O)[C@H](CCC(N)=O)NC(=O)[C@@H]1CCCN1C(=O)CNC(=O)[C@H](CO)NC(=O)[C@@H]1CCCN1C(=O)CN)C(=O)N[C@@H](CCCN=C(N)N)C(=O)N[C@@H](CC(=O)O)C(=O)N[C@@H](CCCCN)C(=O)O. The minimum Gasteiger partial charge on any atom is -0.481 e. The molecule has 2 saturated heterocycles. The second-order valence-electron chi connectivity index (χ2n) is 18.6. The first-order valence-corrected chi connectivity index (χ1v) is 25.1. The van der Waals surface area contributed by atoms with Crippen LogP contribution >= 0.6 is 0 Å². The van der Waals surface area contributed by atoms with Crippen molar-refractivity contribution in [2.75, 3.05) is 52.4 Å². The van der Waals surface area contributed by atoms with Gasteiger partial charge in [-0.15, -0.1) is 0 Å². The average molecular weight is 1100 g/mol. The first kappa shape index (κ1) is 65.4. The number of carbonyl (C=O) groups is 13. The highest BCUT2D eigenvalue weighted by Crippen LogP contribution is 2.19.